The zero-order chi connectivity index (χ0) is 20.3. The Morgan fingerprint density at radius 3 is 2.68 bits per heavy atom. The van der Waals surface area contributed by atoms with Crippen LogP contribution in [0.1, 0.15) is 37.5 Å². The molecule has 0 radical (unpaired) electrons. The number of aliphatic imine (C=N–C) groups is 1. The number of esters is 1. The lowest BCUT2D eigenvalue weighted by Gasteiger charge is -2.16. The molecule has 0 aromatic heterocycles. The van der Waals surface area contributed by atoms with Crippen molar-refractivity contribution >= 4 is 40.5 Å². The first-order chi connectivity index (χ1) is 13.4. The van der Waals surface area contributed by atoms with Gasteiger partial charge in [-0.05, 0) is 85.7 Å². The summed E-state index contributed by atoms with van der Waals surface area (Å²) in [6.07, 6.45) is 1.74. The molecule has 0 saturated heterocycles. The summed E-state index contributed by atoms with van der Waals surface area (Å²) in [5.74, 6) is 1.21. The summed E-state index contributed by atoms with van der Waals surface area (Å²) in [5, 5.41) is 0. The smallest absolute Gasteiger partial charge is 0.363 e. The highest BCUT2D eigenvalue weighted by molar-refractivity contribution is 14.1. The van der Waals surface area contributed by atoms with Gasteiger partial charge in [-0.1, -0.05) is 18.2 Å². The van der Waals surface area contributed by atoms with Crippen molar-refractivity contribution in [2.75, 3.05) is 6.61 Å². The Kier molecular flexibility index (Phi) is 6.39. The Balaban J connectivity index is 1.98. The number of cyclic esters (lactones) is 1. The average Bonchev–Trinajstić information content (AvgIpc) is 2.99. The second kappa shape index (κ2) is 8.77. The van der Waals surface area contributed by atoms with Crippen LogP contribution in [-0.2, 0) is 9.53 Å². The van der Waals surface area contributed by atoms with E-state index in [0.717, 1.165) is 20.3 Å². The lowest BCUT2D eigenvalue weighted by atomic mass is 10.1. The SMILES string of the molecule is CCOc1cc(/C=C2\N=C(c3ccccc3C)OC2=O)cc(I)c1OC(C)C. The van der Waals surface area contributed by atoms with Crippen molar-refractivity contribution in [3.63, 3.8) is 0 Å². The van der Waals surface area contributed by atoms with Crippen molar-refractivity contribution in [3.05, 3.63) is 62.4 Å². The summed E-state index contributed by atoms with van der Waals surface area (Å²) in [6.45, 7) is 8.33. The first-order valence-electron chi connectivity index (χ1n) is 9.10. The number of nitrogens with zero attached hydrogens (tertiary/aromatic N) is 1. The monoisotopic (exact) mass is 491 g/mol. The molecule has 6 heteroatoms. The van der Waals surface area contributed by atoms with Crippen LogP contribution in [0.25, 0.3) is 6.08 Å². The second-order valence-electron chi connectivity index (χ2n) is 6.58. The third kappa shape index (κ3) is 4.55. The first-order valence-corrected chi connectivity index (χ1v) is 10.2. The second-order valence-corrected chi connectivity index (χ2v) is 7.74. The molecule has 2 aromatic carbocycles. The summed E-state index contributed by atoms with van der Waals surface area (Å²) in [5.41, 5.74) is 2.86. The fourth-order valence-corrected chi connectivity index (χ4v) is 3.53. The van der Waals surface area contributed by atoms with Crippen LogP contribution in [0, 0.1) is 10.5 Å². The molecule has 28 heavy (non-hydrogen) atoms. The minimum absolute atomic E-state index is 0.0306. The largest absolute Gasteiger partial charge is 0.490 e. The van der Waals surface area contributed by atoms with Gasteiger partial charge in [0.1, 0.15) is 0 Å². The lowest BCUT2D eigenvalue weighted by Crippen LogP contribution is -2.09. The van der Waals surface area contributed by atoms with Crippen LogP contribution in [0.3, 0.4) is 0 Å². The number of rotatable bonds is 6. The number of hydrogen-bond donors (Lipinski definition) is 0. The van der Waals surface area contributed by atoms with Gasteiger partial charge in [-0.25, -0.2) is 9.79 Å². The molecule has 146 valence electrons. The third-order valence-electron chi connectivity index (χ3n) is 3.98. The summed E-state index contributed by atoms with van der Waals surface area (Å²) in [7, 11) is 0. The number of halogens is 1. The number of benzene rings is 2. The number of carbonyl (C=O) groups excluding carboxylic acids is 1. The Morgan fingerprint density at radius 2 is 2.00 bits per heavy atom. The topological polar surface area (TPSA) is 57.1 Å². The van der Waals surface area contributed by atoms with Crippen LogP contribution < -0.4 is 9.47 Å². The highest BCUT2D eigenvalue weighted by Gasteiger charge is 2.25. The molecule has 3 rings (SSSR count). The minimum atomic E-state index is -0.464. The Morgan fingerprint density at radius 1 is 1.25 bits per heavy atom. The molecular weight excluding hydrogens is 469 g/mol. The maximum atomic E-state index is 12.3. The highest BCUT2D eigenvalue weighted by Crippen LogP contribution is 2.36. The van der Waals surface area contributed by atoms with Crippen molar-refractivity contribution in [1.82, 2.24) is 0 Å². The van der Waals surface area contributed by atoms with Gasteiger partial charge < -0.3 is 14.2 Å². The highest BCUT2D eigenvalue weighted by atomic mass is 127. The van der Waals surface area contributed by atoms with Gasteiger partial charge in [-0.3, -0.25) is 0 Å². The predicted octanol–water partition coefficient (Wildman–Crippen LogP) is 5.13. The molecule has 1 heterocycles. The van der Waals surface area contributed by atoms with E-state index < -0.39 is 5.97 Å². The number of carbonyl (C=O) groups is 1. The van der Waals surface area contributed by atoms with Gasteiger partial charge >= 0.3 is 5.97 Å². The zero-order valence-electron chi connectivity index (χ0n) is 16.3. The lowest BCUT2D eigenvalue weighted by molar-refractivity contribution is -0.129. The van der Waals surface area contributed by atoms with Crippen LogP contribution in [-0.4, -0.2) is 24.6 Å². The van der Waals surface area contributed by atoms with Crippen molar-refractivity contribution in [3.8, 4) is 11.5 Å². The fourth-order valence-electron chi connectivity index (χ4n) is 2.78. The molecule has 0 fully saturated rings. The van der Waals surface area contributed by atoms with Crippen molar-refractivity contribution < 1.29 is 19.0 Å². The fraction of sp³-hybridized carbons (Fsp3) is 0.273. The zero-order valence-corrected chi connectivity index (χ0v) is 18.4. The molecular formula is C22H22INO4. The van der Waals surface area contributed by atoms with Gasteiger partial charge in [-0.2, -0.15) is 0 Å². The Hall–Kier alpha value is -2.35. The molecule has 0 unspecified atom stereocenters. The van der Waals surface area contributed by atoms with Crippen LogP contribution in [0.15, 0.2) is 47.1 Å². The maximum absolute atomic E-state index is 12.3. The number of hydrogen-bond acceptors (Lipinski definition) is 5. The van der Waals surface area contributed by atoms with Gasteiger partial charge in [0.25, 0.3) is 0 Å². The normalized spacial score (nSPS) is 15.0. The van der Waals surface area contributed by atoms with Crippen LogP contribution in [0.4, 0.5) is 0 Å². The molecule has 0 amide bonds. The van der Waals surface area contributed by atoms with Gasteiger partial charge in [0.2, 0.25) is 5.90 Å². The quantitative estimate of drug-likeness (QED) is 0.320. The summed E-state index contributed by atoms with van der Waals surface area (Å²) in [4.78, 5) is 16.7. The molecule has 2 aromatic rings. The van der Waals surface area contributed by atoms with E-state index in [9.17, 15) is 4.79 Å². The van der Waals surface area contributed by atoms with Gasteiger partial charge in [-0.15, -0.1) is 0 Å². The van der Waals surface area contributed by atoms with E-state index >= 15 is 0 Å². The van der Waals surface area contributed by atoms with E-state index in [1.807, 2.05) is 64.1 Å². The standard InChI is InChI=1S/C22H22INO4/c1-5-26-19-12-15(10-17(23)20(19)27-13(2)3)11-18-22(25)28-21(24-18)16-9-7-6-8-14(16)4/h6-13H,5H2,1-4H3/b18-11-. The van der Waals surface area contributed by atoms with E-state index in [4.69, 9.17) is 14.2 Å². The van der Waals surface area contributed by atoms with E-state index in [2.05, 4.69) is 27.6 Å². The average molecular weight is 491 g/mol. The Bertz CT molecular complexity index is 963. The van der Waals surface area contributed by atoms with Crippen LogP contribution >= 0.6 is 22.6 Å². The third-order valence-corrected chi connectivity index (χ3v) is 4.79. The maximum Gasteiger partial charge on any atom is 0.363 e. The van der Waals surface area contributed by atoms with Gasteiger partial charge in [0, 0.05) is 5.56 Å². The summed E-state index contributed by atoms with van der Waals surface area (Å²) >= 11 is 2.21. The van der Waals surface area contributed by atoms with Crippen molar-refractivity contribution in [2.24, 2.45) is 4.99 Å². The van der Waals surface area contributed by atoms with E-state index in [0.29, 0.717) is 24.0 Å². The molecule has 5 nitrogen and oxygen atoms in total. The van der Waals surface area contributed by atoms with Crippen LogP contribution in [0.5, 0.6) is 11.5 Å². The molecule has 0 N–H and O–H groups in total. The molecule has 0 spiro atoms. The molecule has 0 atom stereocenters. The van der Waals surface area contributed by atoms with E-state index in [1.54, 1.807) is 6.08 Å². The molecule has 0 saturated carbocycles. The van der Waals surface area contributed by atoms with Crippen molar-refractivity contribution in [1.29, 1.82) is 0 Å². The van der Waals surface area contributed by atoms with E-state index in [1.165, 1.54) is 0 Å². The van der Waals surface area contributed by atoms with Crippen LogP contribution in [0.2, 0.25) is 0 Å². The number of aryl methyl sites for hydroxylation is 1. The molecule has 0 bridgehead atoms. The molecule has 0 aliphatic carbocycles. The van der Waals surface area contributed by atoms with Crippen molar-refractivity contribution in [2.45, 2.75) is 33.8 Å². The van der Waals surface area contributed by atoms with Gasteiger partial charge in [0.05, 0.1) is 16.3 Å². The molecule has 1 aliphatic heterocycles. The summed E-state index contributed by atoms with van der Waals surface area (Å²) in [6, 6.07) is 11.5. The minimum Gasteiger partial charge on any atom is -0.490 e. The molecule has 1 aliphatic rings. The summed E-state index contributed by atoms with van der Waals surface area (Å²) < 4.78 is 17.9. The Labute approximate surface area is 178 Å². The first kappa shape index (κ1) is 20.4. The van der Waals surface area contributed by atoms with Gasteiger partial charge in [0.15, 0.2) is 17.2 Å². The predicted molar refractivity (Wildman–Crippen MR) is 118 cm³/mol. The number of ether oxygens (including phenoxy) is 3. The van der Waals surface area contributed by atoms with E-state index in [-0.39, 0.29) is 11.8 Å².